The standard InChI is InChI=1S/C21H20N2O2/c24-23(25)20-13-11-18(12-14-20)16-22-21(19-9-5-2-6-10-19)15-17-7-3-1-4-8-17/h1-14,21-22H,15-16H2/p+1/t21-/m0/s1. The Kier molecular flexibility index (Phi) is 5.54. The maximum Gasteiger partial charge on any atom is 0.269 e. The summed E-state index contributed by atoms with van der Waals surface area (Å²) >= 11 is 0. The average Bonchev–Trinajstić information content (AvgIpc) is 2.67. The van der Waals surface area contributed by atoms with Crippen LogP contribution in [0.1, 0.15) is 22.7 Å². The van der Waals surface area contributed by atoms with Crippen molar-refractivity contribution in [1.29, 1.82) is 0 Å². The van der Waals surface area contributed by atoms with Crippen molar-refractivity contribution in [3.05, 3.63) is 112 Å². The largest absolute Gasteiger partial charge is 0.336 e. The van der Waals surface area contributed by atoms with E-state index < -0.39 is 0 Å². The van der Waals surface area contributed by atoms with Crippen molar-refractivity contribution in [3.63, 3.8) is 0 Å². The van der Waals surface area contributed by atoms with Crippen LogP contribution in [0.2, 0.25) is 0 Å². The molecule has 0 aliphatic carbocycles. The van der Waals surface area contributed by atoms with E-state index in [1.807, 2.05) is 24.3 Å². The number of nitrogens with two attached hydrogens (primary N) is 1. The maximum atomic E-state index is 10.8. The van der Waals surface area contributed by atoms with Gasteiger partial charge in [-0.05, 0) is 17.7 Å². The van der Waals surface area contributed by atoms with Crippen molar-refractivity contribution in [2.45, 2.75) is 19.0 Å². The molecule has 4 nitrogen and oxygen atoms in total. The number of hydrogen-bond acceptors (Lipinski definition) is 2. The summed E-state index contributed by atoms with van der Waals surface area (Å²) in [7, 11) is 0. The molecule has 2 N–H and O–H groups in total. The molecular formula is C21H21N2O2+. The summed E-state index contributed by atoms with van der Waals surface area (Å²) in [5.41, 5.74) is 3.80. The second kappa shape index (κ2) is 8.22. The minimum Gasteiger partial charge on any atom is -0.336 e. The molecule has 126 valence electrons. The zero-order valence-corrected chi connectivity index (χ0v) is 13.9. The van der Waals surface area contributed by atoms with Gasteiger partial charge in [0.25, 0.3) is 5.69 Å². The molecule has 25 heavy (non-hydrogen) atoms. The number of benzene rings is 3. The van der Waals surface area contributed by atoms with Crippen molar-refractivity contribution in [1.82, 2.24) is 0 Å². The van der Waals surface area contributed by atoms with Crippen LogP contribution in [-0.4, -0.2) is 4.92 Å². The molecule has 0 saturated carbocycles. The lowest BCUT2D eigenvalue weighted by molar-refractivity contribution is -0.711. The van der Waals surface area contributed by atoms with Crippen LogP contribution < -0.4 is 5.32 Å². The third-order valence-corrected chi connectivity index (χ3v) is 4.31. The summed E-state index contributed by atoms with van der Waals surface area (Å²) < 4.78 is 0. The van der Waals surface area contributed by atoms with E-state index in [2.05, 4.69) is 53.8 Å². The Labute approximate surface area is 147 Å². The zero-order valence-electron chi connectivity index (χ0n) is 13.9. The third-order valence-electron chi connectivity index (χ3n) is 4.31. The summed E-state index contributed by atoms with van der Waals surface area (Å²) in [6, 6.07) is 28.0. The molecule has 0 spiro atoms. The van der Waals surface area contributed by atoms with Crippen molar-refractivity contribution in [2.24, 2.45) is 0 Å². The highest BCUT2D eigenvalue weighted by Gasteiger charge is 2.15. The molecular weight excluding hydrogens is 312 g/mol. The van der Waals surface area contributed by atoms with Gasteiger partial charge in [0.05, 0.1) is 4.92 Å². The first-order valence-electron chi connectivity index (χ1n) is 8.38. The van der Waals surface area contributed by atoms with Crippen molar-refractivity contribution in [3.8, 4) is 0 Å². The highest BCUT2D eigenvalue weighted by atomic mass is 16.6. The van der Waals surface area contributed by atoms with E-state index in [1.165, 1.54) is 11.1 Å². The number of nitro benzene ring substituents is 1. The SMILES string of the molecule is O=[N+]([O-])c1ccc(C[NH2+][C@@H](Cc2ccccc2)c2ccccc2)cc1. The average molecular weight is 333 g/mol. The molecule has 0 bridgehead atoms. The number of nitro groups is 1. The van der Waals surface area contributed by atoms with Crippen LogP contribution in [0.25, 0.3) is 0 Å². The zero-order chi connectivity index (χ0) is 17.5. The van der Waals surface area contributed by atoms with Gasteiger partial charge < -0.3 is 5.32 Å². The molecule has 1 atom stereocenters. The number of rotatable bonds is 7. The van der Waals surface area contributed by atoms with E-state index in [0.717, 1.165) is 18.5 Å². The van der Waals surface area contributed by atoms with E-state index in [4.69, 9.17) is 0 Å². The molecule has 0 aliphatic heterocycles. The molecule has 4 heteroatoms. The minimum atomic E-state index is -0.365. The Balaban J connectivity index is 1.72. The molecule has 0 fully saturated rings. The molecule has 0 aliphatic rings. The fraction of sp³-hybridized carbons (Fsp3) is 0.143. The highest BCUT2D eigenvalue weighted by molar-refractivity contribution is 5.32. The fourth-order valence-electron chi connectivity index (χ4n) is 2.94. The molecule has 0 amide bonds. The van der Waals surface area contributed by atoms with Gasteiger partial charge in [-0.1, -0.05) is 60.7 Å². The van der Waals surface area contributed by atoms with Crippen LogP contribution >= 0.6 is 0 Å². The summed E-state index contributed by atoms with van der Waals surface area (Å²) in [4.78, 5) is 10.4. The predicted octanol–water partition coefficient (Wildman–Crippen LogP) is 3.64. The Morgan fingerprint density at radius 3 is 2.00 bits per heavy atom. The molecule has 3 rings (SSSR count). The van der Waals surface area contributed by atoms with E-state index in [-0.39, 0.29) is 10.6 Å². The quantitative estimate of drug-likeness (QED) is 0.530. The molecule has 3 aromatic carbocycles. The summed E-state index contributed by atoms with van der Waals surface area (Å²) in [6.07, 6.45) is 0.942. The van der Waals surface area contributed by atoms with Crippen LogP contribution in [0.5, 0.6) is 0 Å². The van der Waals surface area contributed by atoms with Gasteiger partial charge in [0.2, 0.25) is 0 Å². The van der Waals surface area contributed by atoms with Crippen LogP contribution in [0.15, 0.2) is 84.9 Å². The number of nitrogens with zero attached hydrogens (tertiary/aromatic N) is 1. The first kappa shape index (κ1) is 16.9. The molecule has 0 saturated heterocycles. The van der Waals surface area contributed by atoms with E-state index >= 15 is 0 Å². The lowest BCUT2D eigenvalue weighted by atomic mass is 9.98. The Morgan fingerprint density at radius 1 is 0.800 bits per heavy atom. The topological polar surface area (TPSA) is 59.8 Å². The van der Waals surface area contributed by atoms with Gasteiger partial charge in [-0.3, -0.25) is 10.1 Å². The number of quaternary nitrogens is 1. The Bertz CT molecular complexity index is 802. The normalized spacial score (nSPS) is 11.8. The van der Waals surface area contributed by atoms with Crippen LogP contribution in [0.4, 0.5) is 5.69 Å². The maximum absolute atomic E-state index is 10.8. The van der Waals surface area contributed by atoms with Gasteiger partial charge in [-0.15, -0.1) is 0 Å². The van der Waals surface area contributed by atoms with Crippen molar-refractivity contribution >= 4 is 5.69 Å². The third kappa shape index (κ3) is 4.75. The fourth-order valence-corrected chi connectivity index (χ4v) is 2.94. The van der Waals surface area contributed by atoms with Crippen molar-refractivity contribution < 1.29 is 10.2 Å². The molecule has 0 unspecified atom stereocenters. The second-order valence-electron chi connectivity index (χ2n) is 6.07. The summed E-state index contributed by atoms with van der Waals surface area (Å²) in [5, 5.41) is 13.1. The Morgan fingerprint density at radius 2 is 1.40 bits per heavy atom. The van der Waals surface area contributed by atoms with E-state index in [0.29, 0.717) is 6.04 Å². The van der Waals surface area contributed by atoms with Gasteiger partial charge in [0.15, 0.2) is 0 Å². The lowest BCUT2D eigenvalue weighted by Gasteiger charge is -2.16. The van der Waals surface area contributed by atoms with Crippen LogP contribution in [0, 0.1) is 10.1 Å². The van der Waals surface area contributed by atoms with E-state index in [9.17, 15) is 10.1 Å². The second-order valence-corrected chi connectivity index (χ2v) is 6.07. The smallest absolute Gasteiger partial charge is 0.269 e. The summed E-state index contributed by atoms with van der Waals surface area (Å²) in [6.45, 7) is 0.782. The lowest BCUT2D eigenvalue weighted by Crippen LogP contribution is -2.84. The van der Waals surface area contributed by atoms with Gasteiger partial charge in [0, 0.05) is 29.7 Å². The van der Waals surface area contributed by atoms with Gasteiger partial charge in [0.1, 0.15) is 12.6 Å². The van der Waals surface area contributed by atoms with Crippen molar-refractivity contribution in [2.75, 3.05) is 0 Å². The minimum absolute atomic E-state index is 0.132. The van der Waals surface area contributed by atoms with Gasteiger partial charge >= 0.3 is 0 Å². The summed E-state index contributed by atoms with van der Waals surface area (Å²) in [5.74, 6) is 0. The Hall–Kier alpha value is -2.98. The predicted molar refractivity (Wildman–Crippen MR) is 98.1 cm³/mol. The highest BCUT2D eigenvalue weighted by Crippen LogP contribution is 2.16. The molecule has 3 aromatic rings. The first-order chi connectivity index (χ1) is 12.2. The molecule has 0 aromatic heterocycles. The molecule has 0 heterocycles. The number of hydrogen-bond donors (Lipinski definition) is 1. The monoisotopic (exact) mass is 333 g/mol. The first-order valence-corrected chi connectivity index (χ1v) is 8.38. The van der Waals surface area contributed by atoms with Gasteiger partial charge in [-0.2, -0.15) is 0 Å². The number of non-ortho nitro benzene ring substituents is 1. The van der Waals surface area contributed by atoms with E-state index in [1.54, 1.807) is 12.1 Å². The van der Waals surface area contributed by atoms with Gasteiger partial charge in [-0.25, -0.2) is 0 Å². The van der Waals surface area contributed by atoms with Crippen LogP contribution in [-0.2, 0) is 13.0 Å². The molecule has 0 radical (unpaired) electrons. The van der Waals surface area contributed by atoms with Crippen LogP contribution in [0.3, 0.4) is 0 Å².